The van der Waals surface area contributed by atoms with Gasteiger partial charge >= 0.3 is 0 Å². The summed E-state index contributed by atoms with van der Waals surface area (Å²) in [5.74, 6) is 0. The molecule has 0 aromatic heterocycles. The van der Waals surface area contributed by atoms with E-state index in [1.165, 1.54) is 16.7 Å². The first-order valence-corrected chi connectivity index (χ1v) is 4.50. The summed E-state index contributed by atoms with van der Waals surface area (Å²) in [5.41, 5.74) is 10.4. The highest BCUT2D eigenvalue weighted by molar-refractivity contribution is 5.85. The minimum atomic E-state index is -0.249. The summed E-state index contributed by atoms with van der Waals surface area (Å²) >= 11 is 0. The Morgan fingerprint density at radius 2 is 1.64 bits per heavy atom. The first-order valence-electron chi connectivity index (χ1n) is 4.50. The van der Waals surface area contributed by atoms with Crippen molar-refractivity contribution in [3.8, 4) is 0 Å². The molecule has 0 spiro atoms. The molecule has 0 fully saturated rings. The van der Waals surface area contributed by atoms with E-state index >= 15 is 0 Å². The monoisotopic (exact) mass is 215 g/mol. The number of aliphatic hydroxyl groups excluding tert-OH is 1. The van der Waals surface area contributed by atoms with E-state index in [0.29, 0.717) is 0 Å². The molecule has 0 heterocycles. The number of benzene rings is 1. The van der Waals surface area contributed by atoms with Gasteiger partial charge in [0.25, 0.3) is 0 Å². The molecular weight excluding hydrogens is 198 g/mol. The Labute approximate surface area is 91.5 Å². The fraction of sp³-hybridized carbons (Fsp3) is 0.455. The molecule has 0 radical (unpaired) electrons. The van der Waals surface area contributed by atoms with Crippen LogP contribution in [0.2, 0.25) is 0 Å². The fourth-order valence-electron chi connectivity index (χ4n) is 1.87. The van der Waals surface area contributed by atoms with Crippen molar-refractivity contribution in [1.29, 1.82) is 0 Å². The molecule has 80 valence electrons. The molecule has 0 aliphatic heterocycles. The predicted octanol–water partition coefficient (Wildman–Crippen LogP) is 2.03. The lowest BCUT2D eigenvalue weighted by Crippen LogP contribution is -2.17. The lowest BCUT2D eigenvalue weighted by atomic mass is 9.95. The molecule has 0 saturated heterocycles. The number of rotatable bonds is 2. The Kier molecular flexibility index (Phi) is 5.13. The van der Waals surface area contributed by atoms with Crippen LogP contribution >= 0.6 is 12.4 Å². The van der Waals surface area contributed by atoms with Gasteiger partial charge in [0.05, 0.1) is 12.6 Å². The molecule has 1 unspecified atom stereocenters. The van der Waals surface area contributed by atoms with E-state index in [-0.39, 0.29) is 25.1 Å². The summed E-state index contributed by atoms with van der Waals surface area (Å²) in [6.45, 7) is 6.13. The summed E-state index contributed by atoms with van der Waals surface area (Å²) in [5, 5.41) is 8.98. The third kappa shape index (κ3) is 2.71. The van der Waals surface area contributed by atoms with E-state index in [4.69, 9.17) is 10.8 Å². The van der Waals surface area contributed by atoms with Crippen LogP contribution in [0.5, 0.6) is 0 Å². The number of hydrogen-bond donors (Lipinski definition) is 2. The quantitative estimate of drug-likeness (QED) is 0.793. The Bertz CT molecular complexity index is 289. The van der Waals surface area contributed by atoms with Gasteiger partial charge in [-0.3, -0.25) is 0 Å². The largest absolute Gasteiger partial charge is 0.394 e. The van der Waals surface area contributed by atoms with Gasteiger partial charge < -0.3 is 10.8 Å². The zero-order valence-electron chi connectivity index (χ0n) is 8.87. The van der Waals surface area contributed by atoms with Crippen molar-refractivity contribution in [3.63, 3.8) is 0 Å². The van der Waals surface area contributed by atoms with Crippen LogP contribution < -0.4 is 5.73 Å². The van der Waals surface area contributed by atoms with Gasteiger partial charge in [0.1, 0.15) is 0 Å². The minimum Gasteiger partial charge on any atom is -0.394 e. The van der Waals surface area contributed by atoms with Crippen LogP contribution in [0.3, 0.4) is 0 Å². The highest BCUT2D eigenvalue weighted by Gasteiger charge is 2.10. The lowest BCUT2D eigenvalue weighted by Gasteiger charge is -2.16. The first kappa shape index (κ1) is 13.4. The predicted molar refractivity (Wildman–Crippen MR) is 61.9 cm³/mol. The highest BCUT2D eigenvalue weighted by Crippen LogP contribution is 2.21. The van der Waals surface area contributed by atoms with Crippen molar-refractivity contribution >= 4 is 12.4 Å². The van der Waals surface area contributed by atoms with Crippen molar-refractivity contribution in [2.24, 2.45) is 5.73 Å². The summed E-state index contributed by atoms with van der Waals surface area (Å²) in [6.07, 6.45) is 0. The van der Waals surface area contributed by atoms with E-state index in [2.05, 4.69) is 19.1 Å². The molecule has 0 bridgehead atoms. The zero-order valence-corrected chi connectivity index (χ0v) is 9.69. The normalized spacial score (nSPS) is 12.1. The zero-order chi connectivity index (χ0) is 10.0. The molecule has 3 heteroatoms. The number of halogens is 1. The van der Waals surface area contributed by atoms with Gasteiger partial charge in [0, 0.05) is 0 Å². The van der Waals surface area contributed by atoms with Gasteiger partial charge in [-0.15, -0.1) is 12.4 Å². The van der Waals surface area contributed by atoms with E-state index in [1.54, 1.807) is 0 Å². The van der Waals surface area contributed by atoms with Crippen molar-refractivity contribution in [3.05, 3.63) is 34.4 Å². The Hall–Kier alpha value is -0.570. The summed E-state index contributed by atoms with van der Waals surface area (Å²) in [6, 6.07) is 3.94. The number of nitrogens with two attached hydrogens (primary N) is 1. The average Bonchev–Trinajstić information content (AvgIpc) is 2.02. The Morgan fingerprint density at radius 3 is 2.00 bits per heavy atom. The number of hydrogen-bond acceptors (Lipinski definition) is 2. The van der Waals surface area contributed by atoms with Gasteiger partial charge in [-0.05, 0) is 37.5 Å². The van der Waals surface area contributed by atoms with Crippen LogP contribution in [-0.2, 0) is 0 Å². The smallest absolute Gasteiger partial charge is 0.0624 e. The molecule has 1 aromatic rings. The van der Waals surface area contributed by atoms with Gasteiger partial charge in [-0.2, -0.15) is 0 Å². The third-order valence-electron chi connectivity index (χ3n) is 2.31. The molecule has 0 aliphatic carbocycles. The standard InChI is InChI=1S/C11H17NO.ClH/c1-7-4-8(2)11(9(3)5-7)10(12)6-13;/h4-5,10,13H,6,12H2,1-3H3;1H. The second-order valence-electron chi connectivity index (χ2n) is 3.60. The van der Waals surface area contributed by atoms with Gasteiger partial charge in [-0.25, -0.2) is 0 Å². The fourth-order valence-corrected chi connectivity index (χ4v) is 1.87. The molecule has 0 aliphatic rings. The minimum absolute atomic E-state index is 0. The van der Waals surface area contributed by atoms with Crippen molar-refractivity contribution in [2.75, 3.05) is 6.61 Å². The Morgan fingerprint density at radius 1 is 1.21 bits per heavy atom. The maximum Gasteiger partial charge on any atom is 0.0624 e. The van der Waals surface area contributed by atoms with Crippen molar-refractivity contribution in [1.82, 2.24) is 0 Å². The molecule has 14 heavy (non-hydrogen) atoms. The van der Waals surface area contributed by atoms with E-state index < -0.39 is 0 Å². The van der Waals surface area contributed by atoms with Gasteiger partial charge in [0.2, 0.25) is 0 Å². The van der Waals surface area contributed by atoms with Crippen LogP contribution in [0.4, 0.5) is 0 Å². The van der Waals surface area contributed by atoms with Crippen LogP contribution in [0.1, 0.15) is 28.3 Å². The maximum absolute atomic E-state index is 8.98. The molecule has 0 amide bonds. The number of aryl methyl sites for hydroxylation is 3. The second-order valence-corrected chi connectivity index (χ2v) is 3.60. The van der Waals surface area contributed by atoms with Gasteiger partial charge in [-0.1, -0.05) is 17.7 Å². The first-order chi connectivity index (χ1) is 6.06. The maximum atomic E-state index is 8.98. The van der Waals surface area contributed by atoms with Gasteiger partial charge in [0.15, 0.2) is 0 Å². The van der Waals surface area contributed by atoms with E-state index in [9.17, 15) is 0 Å². The Balaban J connectivity index is 0.00000169. The molecule has 1 rings (SSSR count). The molecule has 0 saturated carbocycles. The molecule has 3 N–H and O–H groups in total. The van der Waals surface area contributed by atoms with Crippen LogP contribution in [0.15, 0.2) is 12.1 Å². The SMILES string of the molecule is Cc1cc(C)c(C(N)CO)c(C)c1.Cl. The summed E-state index contributed by atoms with van der Waals surface area (Å²) in [7, 11) is 0. The lowest BCUT2D eigenvalue weighted by molar-refractivity contribution is 0.267. The molecule has 1 atom stereocenters. The highest BCUT2D eigenvalue weighted by atomic mass is 35.5. The van der Waals surface area contributed by atoms with Crippen molar-refractivity contribution in [2.45, 2.75) is 26.8 Å². The average molecular weight is 216 g/mol. The van der Waals surface area contributed by atoms with Crippen molar-refractivity contribution < 1.29 is 5.11 Å². The summed E-state index contributed by atoms with van der Waals surface area (Å²) in [4.78, 5) is 0. The van der Waals surface area contributed by atoms with E-state index in [1.807, 2.05) is 13.8 Å². The van der Waals surface area contributed by atoms with E-state index in [0.717, 1.165) is 5.56 Å². The van der Waals surface area contributed by atoms with Crippen LogP contribution in [-0.4, -0.2) is 11.7 Å². The third-order valence-corrected chi connectivity index (χ3v) is 2.31. The van der Waals surface area contributed by atoms with Crippen LogP contribution in [0, 0.1) is 20.8 Å². The van der Waals surface area contributed by atoms with Crippen LogP contribution in [0.25, 0.3) is 0 Å². The molecular formula is C11H18ClNO. The molecule has 1 aromatic carbocycles. The topological polar surface area (TPSA) is 46.2 Å². The second kappa shape index (κ2) is 5.35. The number of aliphatic hydroxyl groups is 1. The summed E-state index contributed by atoms with van der Waals surface area (Å²) < 4.78 is 0. The molecule has 2 nitrogen and oxygen atoms in total.